The number of benzene rings is 2. The molecule has 4 rings (SSSR count). The lowest BCUT2D eigenvalue weighted by Crippen LogP contribution is -2.42. The van der Waals surface area contributed by atoms with E-state index in [1.54, 1.807) is 0 Å². The minimum atomic E-state index is -0.159. The van der Waals surface area contributed by atoms with Crippen LogP contribution >= 0.6 is 23.4 Å². The number of likely N-dealkylation sites (N-methyl/N-ethyl adjacent to an activating group) is 1. The Hall–Kier alpha value is -2.50. The zero-order valence-corrected chi connectivity index (χ0v) is 20.2. The van der Waals surface area contributed by atoms with Gasteiger partial charge in [-0.2, -0.15) is 0 Å². The van der Waals surface area contributed by atoms with Gasteiger partial charge < -0.3 is 10.2 Å². The minimum absolute atomic E-state index is 0.0823. The standard InChI is InChI=1S/C25H26ClN3OS/c1-14-7-8-20(15(2)9-14)27-24-28-23(30)22(31-24)11-17-10-18-16(3)13-25(4,5)29(6)21(18)12-19(17)26/h7-13H,1-6H3,(H,27,28,30)/b22-11-. The first-order valence-corrected chi connectivity index (χ1v) is 11.4. The number of fused-ring (bicyclic) bond motifs is 1. The third-order valence-electron chi connectivity index (χ3n) is 5.85. The molecule has 31 heavy (non-hydrogen) atoms. The van der Waals surface area contributed by atoms with Gasteiger partial charge in [0.25, 0.3) is 5.91 Å². The third kappa shape index (κ3) is 4.17. The fraction of sp³-hybridized carbons (Fsp3) is 0.280. The molecule has 2 aliphatic rings. The highest BCUT2D eigenvalue weighted by molar-refractivity contribution is 8.18. The van der Waals surface area contributed by atoms with Gasteiger partial charge in [-0.3, -0.25) is 4.79 Å². The number of thioether (sulfide) groups is 1. The monoisotopic (exact) mass is 451 g/mol. The molecule has 0 saturated carbocycles. The molecule has 0 aromatic heterocycles. The van der Waals surface area contributed by atoms with E-state index in [-0.39, 0.29) is 11.4 Å². The smallest absolute Gasteiger partial charge is 0.264 e. The quantitative estimate of drug-likeness (QED) is 0.531. The number of halogens is 1. The van der Waals surface area contributed by atoms with Crippen LogP contribution in [0.25, 0.3) is 11.6 Å². The number of anilines is 1. The Morgan fingerprint density at radius 3 is 2.61 bits per heavy atom. The van der Waals surface area contributed by atoms with Crippen molar-refractivity contribution in [2.45, 2.75) is 40.2 Å². The topological polar surface area (TPSA) is 44.7 Å². The Bertz CT molecular complexity index is 1190. The number of aryl methyl sites for hydroxylation is 2. The number of hydrogen-bond donors (Lipinski definition) is 1. The third-order valence-corrected chi connectivity index (χ3v) is 7.08. The minimum Gasteiger partial charge on any atom is -0.365 e. The Morgan fingerprint density at radius 2 is 1.90 bits per heavy atom. The van der Waals surface area contributed by atoms with Crippen LogP contribution in [0, 0.1) is 13.8 Å². The highest BCUT2D eigenvalue weighted by atomic mass is 35.5. The molecule has 6 heteroatoms. The van der Waals surface area contributed by atoms with E-state index in [1.165, 1.54) is 22.9 Å². The highest BCUT2D eigenvalue weighted by Gasteiger charge is 2.30. The lowest BCUT2D eigenvalue weighted by atomic mass is 9.88. The van der Waals surface area contributed by atoms with Gasteiger partial charge in [0.2, 0.25) is 0 Å². The largest absolute Gasteiger partial charge is 0.365 e. The molecule has 0 spiro atoms. The second-order valence-corrected chi connectivity index (χ2v) is 10.1. The SMILES string of the molecule is CC1=CC(C)(C)N(C)c2cc(Cl)c(/C=C3\SC(=Nc4ccc(C)cc4C)NC3=O)cc21. The summed E-state index contributed by atoms with van der Waals surface area (Å²) < 4.78 is 0. The van der Waals surface area contributed by atoms with Gasteiger partial charge in [-0.05, 0) is 87.4 Å². The van der Waals surface area contributed by atoms with Gasteiger partial charge in [0.05, 0.1) is 16.1 Å². The fourth-order valence-corrected chi connectivity index (χ4v) is 5.00. The van der Waals surface area contributed by atoms with Crippen LogP contribution < -0.4 is 10.2 Å². The van der Waals surface area contributed by atoms with Crippen molar-refractivity contribution in [1.29, 1.82) is 0 Å². The van der Waals surface area contributed by atoms with E-state index >= 15 is 0 Å². The first kappa shape index (κ1) is 21.7. The molecule has 0 atom stereocenters. The summed E-state index contributed by atoms with van der Waals surface area (Å²) in [6.45, 7) is 10.5. The zero-order valence-electron chi connectivity index (χ0n) is 18.6. The summed E-state index contributed by atoms with van der Waals surface area (Å²) in [5.41, 5.74) is 7.29. The Morgan fingerprint density at radius 1 is 1.16 bits per heavy atom. The van der Waals surface area contributed by atoms with Crippen molar-refractivity contribution < 1.29 is 4.79 Å². The van der Waals surface area contributed by atoms with Gasteiger partial charge in [0.15, 0.2) is 5.17 Å². The molecule has 0 unspecified atom stereocenters. The number of allylic oxidation sites excluding steroid dienone is 1. The van der Waals surface area contributed by atoms with Crippen molar-refractivity contribution >= 4 is 57.5 Å². The number of nitrogens with one attached hydrogen (secondary N) is 1. The van der Waals surface area contributed by atoms with Gasteiger partial charge in [0.1, 0.15) is 0 Å². The van der Waals surface area contributed by atoms with E-state index in [0.717, 1.165) is 28.1 Å². The van der Waals surface area contributed by atoms with Crippen molar-refractivity contribution in [2.75, 3.05) is 11.9 Å². The van der Waals surface area contributed by atoms with Crippen LogP contribution in [0.5, 0.6) is 0 Å². The Kier molecular flexibility index (Phi) is 5.52. The van der Waals surface area contributed by atoms with E-state index in [1.807, 2.05) is 31.2 Å². The Labute approximate surface area is 193 Å². The molecular formula is C25H26ClN3OS. The average molecular weight is 452 g/mol. The fourth-order valence-electron chi connectivity index (χ4n) is 3.96. The predicted octanol–water partition coefficient (Wildman–Crippen LogP) is 6.48. The lowest BCUT2D eigenvalue weighted by Gasteiger charge is -2.40. The predicted molar refractivity (Wildman–Crippen MR) is 134 cm³/mol. The molecule has 0 bridgehead atoms. The van der Waals surface area contributed by atoms with Crippen LogP contribution in [0.2, 0.25) is 5.02 Å². The van der Waals surface area contributed by atoms with Crippen molar-refractivity contribution in [3.63, 3.8) is 0 Å². The molecule has 2 aliphatic heterocycles. The zero-order chi connectivity index (χ0) is 22.5. The summed E-state index contributed by atoms with van der Waals surface area (Å²) in [5, 5.41) is 4.07. The van der Waals surface area contributed by atoms with E-state index in [0.29, 0.717) is 15.1 Å². The van der Waals surface area contributed by atoms with Crippen LogP contribution in [0.4, 0.5) is 11.4 Å². The lowest BCUT2D eigenvalue weighted by molar-refractivity contribution is -0.115. The molecule has 1 fully saturated rings. The number of aliphatic imine (C=N–C) groups is 1. The first-order chi connectivity index (χ1) is 14.5. The molecular weight excluding hydrogens is 426 g/mol. The van der Waals surface area contributed by atoms with E-state index in [4.69, 9.17) is 11.6 Å². The summed E-state index contributed by atoms with van der Waals surface area (Å²) >= 11 is 7.97. The van der Waals surface area contributed by atoms with Gasteiger partial charge in [0, 0.05) is 23.3 Å². The van der Waals surface area contributed by atoms with Crippen LogP contribution in [0.15, 0.2) is 46.3 Å². The maximum absolute atomic E-state index is 12.6. The number of carbonyl (C=O) groups excluding carboxylic acids is 1. The molecule has 1 saturated heterocycles. The van der Waals surface area contributed by atoms with Gasteiger partial charge in [-0.15, -0.1) is 0 Å². The second kappa shape index (κ2) is 7.88. The summed E-state index contributed by atoms with van der Waals surface area (Å²) in [5.74, 6) is -0.159. The van der Waals surface area contributed by atoms with Crippen LogP contribution in [-0.2, 0) is 4.79 Å². The maximum Gasteiger partial charge on any atom is 0.264 e. The molecule has 2 aromatic rings. The number of hydrogen-bond acceptors (Lipinski definition) is 4. The van der Waals surface area contributed by atoms with Crippen molar-refractivity contribution in [1.82, 2.24) is 5.32 Å². The van der Waals surface area contributed by atoms with Crippen LogP contribution in [0.3, 0.4) is 0 Å². The van der Waals surface area contributed by atoms with Crippen molar-refractivity contribution in [3.8, 4) is 0 Å². The summed E-state index contributed by atoms with van der Waals surface area (Å²) in [6, 6.07) is 10.1. The molecule has 1 N–H and O–H groups in total. The number of rotatable bonds is 2. The maximum atomic E-state index is 12.6. The molecule has 0 aliphatic carbocycles. The van der Waals surface area contributed by atoms with Gasteiger partial charge in [-0.1, -0.05) is 35.4 Å². The first-order valence-electron chi connectivity index (χ1n) is 10.2. The summed E-state index contributed by atoms with van der Waals surface area (Å²) in [7, 11) is 2.08. The van der Waals surface area contributed by atoms with Crippen molar-refractivity contribution in [2.24, 2.45) is 4.99 Å². The van der Waals surface area contributed by atoms with Crippen molar-refractivity contribution in [3.05, 3.63) is 68.6 Å². The van der Waals surface area contributed by atoms with E-state index in [9.17, 15) is 4.79 Å². The number of nitrogens with zero attached hydrogens (tertiary/aromatic N) is 2. The average Bonchev–Trinajstić information content (AvgIpc) is 3.02. The van der Waals surface area contributed by atoms with E-state index < -0.39 is 0 Å². The Balaban J connectivity index is 1.67. The molecule has 2 aromatic carbocycles. The van der Waals surface area contributed by atoms with Crippen LogP contribution in [-0.4, -0.2) is 23.7 Å². The molecule has 1 amide bonds. The summed E-state index contributed by atoms with van der Waals surface area (Å²) in [6.07, 6.45) is 4.10. The second-order valence-electron chi connectivity index (χ2n) is 8.70. The molecule has 2 heterocycles. The molecule has 4 nitrogen and oxygen atoms in total. The normalized spacial score (nSPS) is 20.2. The summed E-state index contributed by atoms with van der Waals surface area (Å²) in [4.78, 5) is 20.0. The number of amidine groups is 1. The van der Waals surface area contributed by atoms with Gasteiger partial charge >= 0.3 is 0 Å². The van der Waals surface area contributed by atoms with Gasteiger partial charge in [-0.25, -0.2) is 4.99 Å². The number of carbonyl (C=O) groups is 1. The highest BCUT2D eigenvalue weighted by Crippen LogP contribution is 2.41. The van der Waals surface area contributed by atoms with Crippen LogP contribution in [0.1, 0.15) is 43.0 Å². The molecule has 160 valence electrons. The molecule has 0 radical (unpaired) electrons. The number of amides is 1. The van der Waals surface area contributed by atoms with E-state index in [2.05, 4.69) is 68.2 Å².